The maximum Gasteiger partial charge on any atom is 0.339 e. The minimum absolute atomic E-state index is 0.314. The molecule has 0 spiro atoms. The number of nitrogens with one attached hydrogen (secondary N) is 1. The molecular formula is C18H24N2O4S. The summed E-state index contributed by atoms with van der Waals surface area (Å²) in [6.07, 6.45) is 3.31. The smallest absolute Gasteiger partial charge is 0.339 e. The lowest BCUT2D eigenvalue weighted by Crippen LogP contribution is -2.49. The van der Waals surface area contributed by atoms with Crippen molar-refractivity contribution < 1.29 is 19.1 Å². The number of methoxy groups -OCH3 is 2. The summed E-state index contributed by atoms with van der Waals surface area (Å²) in [4.78, 5) is 26.0. The van der Waals surface area contributed by atoms with E-state index in [0.29, 0.717) is 34.0 Å². The summed E-state index contributed by atoms with van der Waals surface area (Å²) in [5.74, 6) is -0.980. The van der Waals surface area contributed by atoms with Crippen LogP contribution in [-0.2, 0) is 9.47 Å². The molecule has 1 N–H and O–H groups in total. The van der Waals surface area contributed by atoms with Crippen molar-refractivity contribution in [2.45, 2.75) is 45.2 Å². The fourth-order valence-electron chi connectivity index (χ4n) is 3.18. The Morgan fingerprint density at radius 2 is 1.72 bits per heavy atom. The highest BCUT2D eigenvalue weighted by Gasteiger charge is 2.27. The van der Waals surface area contributed by atoms with Gasteiger partial charge in [-0.05, 0) is 63.5 Å². The number of likely N-dealkylation sites (tertiary alicyclic amines) is 1. The van der Waals surface area contributed by atoms with Crippen molar-refractivity contribution >= 4 is 35.0 Å². The molecule has 1 fully saturated rings. The summed E-state index contributed by atoms with van der Waals surface area (Å²) in [6, 6.07) is 5.25. The first-order chi connectivity index (χ1) is 11.9. The molecule has 0 radical (unpaired) electrons. The second kappa shape index (κ2) is 8.29. The maximum absolute atomic E-state index is 12.0. The number of nitrogens with zero attached hydrogens (tertiary/aromatic N) is 1. The third-order valence-corrected chi connectivity index (χ3v) is 4.83. The van der Waals surface area contributed by atoms with Gasteiger partial charge in [0.05, 0.1) is 31.0 Å². The number of rotatable bonds is 3. The van der Waals surface area contributed by atoms with Gasteiger partial charge < -0.3 is 19.7 Å². The highest BCUT2D eigenvalue weighted by atomic mass is 32.1. The minimum atomic E-state index is -0.499. The quantitative estimate of drug-likeness (QED) is 0.652. The van der Waals surface area contributed by atoms with Crippen molar-refractivity contribution in [2.75, 3.05) is 19.5 Å². The highest BCUT2D eigenvalue weighted by molar-refractivity contribution is 7.80. The molecule has 25 heavy (non-hydrogen) atoms. The molecule has 1 aliphatic rings. The van der Waals surface area contributed by atoms with Gasteiger partial charge in [-0.25, -0.2) is 9.59 Å². The van der Waals surface area contributed by atoms with Crippen LogP contribution in [0.15, 0.2) is 18.2 Å². The van der Waals surface area contributed by atoms with Gasteiger partial charge in [-0.2, -0.15) is 0 Å². The topological polar surface area (TPSA) is 67.9 Å². The van der Waals surface area contributed by atoms with E-state index < -0.39 is 11.9 Å². The van der Waals surface area contributed by atoms with Crippen molar-refractivity contribution in [1.82, 2.24) is 4.90 Å². The van der Waals surface area contributed by atoms with Gasteiger partial charge in [-0.15, -0.1) is 0 Å². The zero-order chi connectivity index (χ0) is 18.6. The Kier molecular flexibility index (Phi) is 6.36. The first-order valence-corrected chi connectivity index (χ1v) is 8.69. The SMILES string of the molecule is COC(=O)c1ccc(C(=O)OC)c(NC(=S)N2[C@H](C)CCC[C@H]2C)c1. The molecule has 1 aliphatic heterocycles. The van der Waals surface area contributed by atoms with Crippen LogP contribution in [0.5, 0.6) is 0 Å². The van der Waals surface area contributed by atoms with Crippen molar-refractivity contribution in [3.05, 3.63) is 29.3 Å². The number of carbonyl (C=O) groups is 2. The fraction of sp³-hybridized carbons (Fsp3) is 0.500. The van der Waals surface area contributed by atoms with Crippen molar-refractivity contribution in [3.63, 3.8) is 0 Å². The van der Waals surface area contributed by atoms with Crippen LogP contribution >= 0.6 is 12.2 Å². The summed E-state index contributed by atoms with van der Waals surface area (Å²) in [7, 11) is 2.62. The van der Waals surface area contributed by atoms with Crippen LogP contribution in [0.25, 0.3) is 0 Å². The Labute approximate surface area is 153 Å². The number of carbonyl (C=O) groups excluding carboxylic acids is 2. The van der Waals surface area contributed by atoms with E-state index in [1.54, 1.807) is 6.07 Å². The van der Waals surface area contributed by atoms with E-state index in [-0.39, 0.29) is 0 Å². The van der Waals surface area contributed by atoms with Gasteiger partial charge in [0.25, 0.3) is 0 Å². The zero-order valence-corrected chi connectivity index (χ0v) is 15.8. The van der Waals surface area contributed by atoms with Crippen LogP contribution in [0, 0.1) is 0 Å². The molecule has 2 rings (SSSR count). The van der Waals surface area contributed by atoms with E-state index in [9.17, 15) is 9.59 Å². The number of ether oxygens (including phenoxy) is 2. The van der Waals surface area contributed by atoms with E-state index in [1.165, 1.54) is 32.8 Å². The minimum Gasteiger partial charge on any atom is -0.465 e. The summed E-state index contributed by atoms with van der Waals surface area (Å²) < 4.78 is 9.57. The number of benzene rings is 1. The molecule has 0 bridgehead atoms. The van der Waals surface area contributed by atoms with Crippen LogP contribution in [0.2, 0.25) is 0 Å². The molecule has 0 aliphatic carbocycles. The standard InChI is InChI=1S/C18H24N2O4S/c1-11-6-5-7-12(2)20(11)18(25)19-15-10-13(16(21)23-3)8-9-14(15)17(22)24-4/h8-12H,5-7H2,1-4H3,(H,19,25)/t11-,12-/m1/s1. The van der Waals surface area contributed by atoms with Crippen LogP contribution in [0.1, 0.15) is 53.8 Å². The summed E-state index contributed by atoms with van der Waals surface area (Å²) in [6.45, 7) is 4.27. The predicted molar refractivity (Wildman–Crippen MR) is 100.0 cm³/mol. The third-order valence-electron chi connectivity index (χ3n) is 4.52. The second-order valence-electron chi connectivity index (χ2n) is 6.21. The summed E-state index contributed by atoms with van der Waals surface area (Å²) in [5.41, 5.74) is 1.08. The molecular weight excluding hydrogens is 340 g/mol. The van der Waals surface area contributed by atoms with Gasteiger partial charge in [0.1, 0.15) is 0 Å². The predicted octanol–water partition coefficient (Wildman–Crippen LogP) is 3.22. The van der Waals surface area contributed by atoms with Gasteiger partial charge in [0, 0.05) is 12.1 Å². The second-order valence-corrected chi connectivity index (χ2v) is 6.60. The van der Waals surface area contributed by atoms with Crippen molar-refractivity contribution in [3.8, 4) is 0 Å². The fourth-order valence-corrected chi connectivity index (χ4v) is 3.65. The first-order valence-electron chi connectivity index (χ1n) is 8.29. The number of piperidine rings is 1. The molecule has 1 saturated heterocycles. The van der Waals surface area contributed by atoms with E-state index in [2.05, 4.69) is 24.1 Å². The van der Waals surface area contributed by atoms with Gasteiger partial charge in [-0.1, -0.05) is 0 Å². The van der Waals surface area contributed by atoms with Crippen molar-refractivity contribution in [1.29, 1.82) is 0 Å². The Balaban J connectivity index is 2.33. The molecule has 0 saturated carbocycles. The van der Waals surface area contributed by atoms with Crippen LogP contribution in [-0.4, -0.2) is 48.3 Å². The van der Waals surface area contributed by atoms with Gasteiger partial charge in [0.2, 0.25) is 0 Å². The number of hydrogen-bond acceptors (Lipinski definition) is 5. The molecule has 1 aromatic rings. The summed E-state index contributed by atoms with van der Waals surface area (Å²) >= 11 is 5.58. The van der Waals surface area contributed by atoms with Crippen molar-refractivity contribution in [2.24, 2.45) is 0 Å². The molecule has 1 heterocycles. The molecule has 7 heteroatoms. The molecule has 2 atom stereocenters. The number of esters is 2. The van der Waals surface area contributed by atoms with E-state index in [4.69, 9.17) is 21.7 Å². The third kappa shape index (κ3) is 4.28. The Morgan fingerprint density at radius 3 is 2.28 bits per heavy atom. The molecule has 0 aromatic heterocycles. The molecule has 0 unspecified atom stereocenters. The Morgan fingerprint density at radius 1 is 1.12 bits per heavy atom. The lowest BCUT2D eigenvalue weighted by molar-refractivity contribution is 0.0587. The molecule has 0 amide bonds. The zero-order valence-electron chi connectivity index (χ0n) is 15.0. The average molecular weight is 364 g/mol. The number of thiocarbonyl (C=S) groups is 1. The number of anilines is 1. The summed E-state index contributed by atoms with van der Waals surface area (Å²) in [5, 5.41) is 3.66. The van der Waals surface area contributed by atoms with E-state index in [0.717, 1.165) is 12.8 Å². The van der Waals surface area contributed by atoms with Crippen LogP contribution < -0.4 is 5.32 Å². The lowest BCUT2D eigenvalue weighted by atomic mass is 9.98. The van der Waals surface area contributed by atoms with Crippen LogP contribution in [0.4, 0.5) is 5.69 Å². The van der Waals surface area contributed by atoms with Gasteiger partial charge >= 0.3 is 11.9 Å². The van der Waals surface area contributed by atoms with E-state index in [1.807, 2.05) is 0 Å². The van der Waals surface area contributed by atoms with E-state index >= 15 is 0 Å². The van der Waals surface area contributed by atoms with Gasteiger partial charge in [-0.3, -0.25) is 0 Å². The highest BCUT2D eigenvalue weighted by Crippen LogP contribution is 2.25. The maximum atomic E-state index is 12.0. The lowest BCUT2D eigenvalue weighted by Gasteiger charge is -2.41. The number of hydrogen-bond donors (Lipinski definition) is 1. The monoisotopic (exact) mass is 364 g/mol. The molecule has 6 nitrogen and oxygen atoms in total. The Hall–Kier alpha value is -2.15. The average Bonchev–Trinajstić information content (AvgIpc) is 2.60. The molecule has 136 valence electrons. The van der Waals surface area contributed by atoms with Crippen LogP contribution in [0.3, 0.4) is 0 Å². The largest absolute Gasteiger partial charge is 0.465 e. The van der Waals surface area contributed by atoms with Gasteiger partial charge in [0.15, 0.2) is 5.11 Å². The first kappa shape index (κ1) is 19.2. The Bertz CT molecular complexity index is 667. The normalized spacial score (nSPS) is 19.9. The molecule has 1 aromatic carbocycles.